The Morgan fingerprint density at radius 1 is 1.09 bits per heavy atom. The van der Waals surface area contributed by atoms with E-state index in [1.807, 2.05) is 21.3 Å². The molecular formula is C25H39NO6. The predicted octanol–water partition coefficient (Wildman–Crippen LogP) is 1.81. The number of hydrogen-bond donors (Lipinski definition) is 1. The van der Waals surface area contributed by atoms with Crippen LogP contribution in [0.2, 0.25) is 0 Å². The van der Waals surface area contributed by atoms with Crippen molar-refractivity contribution >= 4 is 0 Å². The average Bonchev–Trinajstić information content (AvgIpc) is 3.34. The molecular weight excluding hydrogens is 410 g/mol. The van der Waals surface area contributed by atoms with Crippen LogP contribution in [-0.2, 0) is 23.7 Å². The molecule has 0 radical (unpaired) electrons. The van der Waals surface area contributed by atoms with Crippen molar-refractivity contribution in [1.29, 1.82) is 0 Å². The number of hydrogen-bond acceptors (Lipinski definition) is 7. The Bertz CT molecular complexity index is 841. The summed E-state index contributed by atoms with van der Waals surface area (Å²) in [6.45, 7) is 6.72. The number of fused-ring (bicyclic) bond motifs is 1. The van der Waals surface area contributed by atoms with Crippen LogP contribution in [-0.4, -0.2) is 92.4 Å². The van der Waals surface area contributed by atoms with Gasteiger partial charge >= 0.3 is 0 Å². The summed E-state index contributed by atoms with van der Waals surface area (Å²) in [5, 5.41) is 13.0. The van der Waals surface area contributed by atoms with Crippen molar-refractivity contribution in [3.05, 3.63) is 0 Å². The molecule has 1 N–H and O–H groups in total. The van der Waals surface area contributed by atoms with Gasteiger partial charge < -0.3 is 28.8 Å². The van der Waals surface area contributed by atoms with Crippen LogP contribution in [0.4, 0.5) is 0 Å². The number of aliphatic hydroxyl groups is 1. The number of likely N-dealkylation sites (N-methyl/N-ethyl adjacent to an activating group) is 1. The molecule has 7 bridgehead atoms. The number of piperidine rings is 1. The summed E-state index contributed by atoms with van der Waals surface area (Å²) in [6, 6.07) is 0.0823. The standard InChI is InChI=1S/C25H39NO6/c1-6-26-12-21(2)8-7-17(29-4)25-15-9-14-16(28-3)10-22(18(15)19(14)30-5)23(20(25)26,32-13-31-22)11-24(21,25)27/h14-20,27H,6-13H2,1-5H3. The molecule has 2 saturated heterocycles. The fourth-order valence-electron chi connectivity index (χ4n) is 11.3. The van der Waals surface area contributed by atoms with Crippen LogP contribution >= 0.6 is 0 Å². The average molecular weight is 450 g/mol. The Morgan fingerprint density at radius 3 is 2.56 bits per heavy atom. The lowest BCUT2D eigenvalue weighted by Crippen LogP contribution is -2.83. The molecule has 7 nitrogen and oxygen atoms in total. The molecule has 0 aromatic rings. The monoisotopic (exact) mass is 449 g/mol. The summed E-state index contributed by atoms with van der Waals surface area (Å²) in [5.74, 6) is 0.753. The van der Waals surface area contributed by atoms with Gasteiger partial charge in [-0.1, -0.05) is 13.8 Å². The molecule has 7 rings (SSSR count). The third-order valence-corrected chi connectivity index (χ3v) is 12.0. The van der Waals surface area contributed by atoms with E-state index >= 15 is 0 Å². The lowest BCUT2D eigenvalue weighted by Gasteiger charge is -2.72. The molecule has 32 heavy (non-hydrogen) atoms. The highest BCUT2D eigenvalue weighted by molar-refractivity contribution is 5.44. The van der Waals surface area contributed by atoms with Gasteiger partial charge in [-0.25, -0.2) is 0 Å². The van der Waals surface area contributed by atoms with Crippen molar-refractivity contribution in [2.45, 2.75) is 87.1 Å². The van der Waals surface area contributed by atoms with Crippen molar-refractivity contribution in [3.63, 3.8) is 0 Å². The van der Waals surface area contributed by atoms with E-state index < -0.39 is 16.8 Å². The number of nitrogens with zero attached hydrogens (tertiary/aromatic N) is 1. The third kappa shape index (κ3) is 1.74. The first kappa shape index (κ1) is 21.0. The van der Waals surface area contributed by atoms with Crippen molar-refractivity contribution in [1.82, 2.24) is 4.90 Å². The van der Waals surface area contributed by atoms with Crippen molar-refractivity contribution in [3.8, 4) is 0 Å². The predicted molar refractivity (Wildman–Crippen MR) is 115 cm³/mol. The third-order valence-electron chi connectivity index (χ3n) is 12.0. The van der Waals surface area contributed by atoms with Crippen molar-refractivity contribution in [2.75, 3.05) is 41.2 Å². The van der Waals surface area contributed by atoms with E-state index in [-0.39, 0.29) is 53.8 Å². The van der Waals surface area contributed by atoms with E-state index in [1.165, 1.54) is 0 Å². The Morgan fingerprint density at radius 2 is 1.88 bits per heavy atom. The van der Waals surface area contributed by atoms with Crippen LogP contribution in [0, 0.1) is 28.6 Å². The van der Waals surface area contributed by atoms with Crippen molar-refractivity contribution < 1.29 is 28.8 Å². The van der Waals surface area contributed by atoms with Crippen LogP contribution in [0.1, 0.15) is 46.0 Å². The van der Waals surface area contributed by atoms with Crippen LogP contribution in [0.15, 0.2) is 0 Å². The molecule has 2 aliphatic heterocycles. The minimum atomic E-state index is -0.847. The molecule has 3 spiro atoms. The summed E-state index contributed by atoms with van der Waals surface area (Å²) in [6.07, 6.45) is 4.56. The first-order chi connectivity index (χ1) is 15.3. The lowest BCUT2D eigenvalue weighted by molar-refractivity contribution is -0.320. The Balaban J connectivity index is 1.56. The highest BCUT2D eigenvalue weighted by Gasteiger charge is 2.94. The number of rotatable bonds is 4. The summed E-state index contributed by atoms with van der Waals surface area (Å²) < 4.78 is 32.3. The van der Waals surface area contributed by atoms with Crippen LogP contribution in [0.25, 0.3) is 0 Å². The maximum atomic E-state index is 13.0. The van der Waals surface area contributed by atoms with Gasteiger partial charge in [0.15, 0.2) is 0 Å². The highest BCUT2D eigenvalue weighted by Crippen LogP contribution is 2.83. The second kappa shape index (κ2) is 6.10. The van der Waals surface area contributed by atoms with Crippen LogP contribution in [0.3, 0.4) is 0 Å². The molecule has 0 aromatic heterocycles. The van der Waals surface area contributed by atoms with Crippen molar-refractivity contribution in [2.24, 2.45) is 28.6 Å². The normalized spacial score (nSPS) is 64.1. The summed E-state index contributed by atoms with van der Waals surface area (Å²) in [4.78, 5) is 2.63. The second-order valence-electron chi connectivity index (χ2n) is 12.2. The van der Waals surface area contributed by atoms with E-state index in [1.54, 1.807) is 0 Å². The van der Waals surface area contributed by atoms with Gasteiger partial charge in [0.2, 0.25) is 0 Å². The number of methoxy groups -OCH3 is 3. The number of ether oxygens (including phenoxy) is 5. The number of likely N-dealkylation sites (tertiary alicyclic amines) is 1. The summed E-state index contributed by atoms with van der Waals surface area (Å²) in [5.41, 5.74) is -2.49. The van der Waals surface area contributed by atoms with Gasteiger partial charge in [-0.05, 0) is 31.7 Å². The minimum absolute atomic E-state index is 0.00403. The van der Waals surface area contributed by atoms with E-state index in [0.29, 0.717) is 12.3 Å². The summed E-state index contributed by atoms with van der Waals surface area (Å²) >= 11 is 0. The van der Waals surface area contributed by atoms with Crippen LogP contribution < -0.4 is 0 Å². The maximum Gasteiger partial charge on any atom is 0.148 e. The molecule has 12 unspecified atom stereocenters. The molecule has 0 aromatic carbocycles. The first-order valence-electron chi connectivity index (χ1n) is 12.7. The largest absolute Gasteiger partial charge is 0.388 e. The second-order valence-corrected chi connectivity index (χ2v) is 12.2. The van der Waals surface area contributed by atoms with Gasteiger partial charge in [0.1, 0.15) is 18.0 Å². The molecule has 0 amide bonds. The zero-order chi connectivity index (χ0) is 22.3. The Hall–Kier alpha value is -0.280. The quantitative estimate of drug-likeness (QED) is 0.702. The van der Waals surface area contributed by atoms with Gasteiger partial charge in [0.05, 0.1) is 30.0 Å². The van der Waals surface area contributed by atoms with Gasteiger partial charge in [0, 0.05) is 63.4 Å². The molecule has 7 fully saturated rings. The first-order valence-corrected chi connectivity index (χ1v) is 12.7. The van der Waals surface area contributed by atoms with E-state index in [9.17, 15) is 5.11 Å². The summed E-state index contributed by atoms with van der Waals surface area (Å²) in [7, 11) is 5.52. The smallest absolute Gasteiger partial charge is 0.148 e. The Labute approximate surface area is 191 Å². The minimum Gasteiger partial charge on any atom is -0.388 e. The van der Waals surface area contributed by atoms with E-state index in [0.717, 1.165) is 38.8 Å². The molecule has 5 aliphatic carbocycles. The van der Waals surface area contributed by atoms with Gasteiger partial charge in [0.25, 0.3) is 0 Å². The zero-order valence-electron chi connectivity index (χ0n) is 20.1. The molecule has 2 heterocycles. The van der Waals surface area contributed by atoms with Gasteiger partial charge in [-0.2, -0.15) is 0 Å². The molecule has 7 aliphatic rings. The fraction of sp³-hybridized carbons (Fsp3) is 1.00. The van der Waals surface area contributed by atoms with E-state index in [4.69, 9.17) is 23.7 Å². The molecule has 12 atom stereocenters. The van der Waals surface area contributed by atoms with Crippen LogP contribution in [0.5, 0.6) is 0 Å². The lowest BCUT2D eigenvalue weighted by atomic mass is 9.41. The molecule has 5 saturated carbocycles. The van der Waals surface area contributed by atoms with Gasteiger partial charge in [-0.15, -0.1) is 0 Å². The topological polar surface area (TPSA) is 69.6 Å². The fourth-order valence-corrected chi connectivity index (χ4v) is 11.3. The highest BCUT2D eigenvalue weighted by atomic mass is 16.7. The molecule has 180 valence electrons. The Kier molecular flexibility index (Phi) is 4.01. The SMILES string of the molecule is CCN1CC2(C)CCC(OC)C34C5CC6C(OC)CC7(OCOC7(CC23O)C14)C5C6OC. The molecule has 7 heteroatoms. The van der Waals surface area contributed by atoms with Gasteiger partial charge in [-0.3, -0.25) is 4.90 Å². The zero-order valence-corrected chi connectivity index (χ0v) is 20.1. The maximum absolute atomic E-state index is 13.0. The van der Waals surface area contributed by atoms with E-state index in [2.05, 4.69) is 18.7 Å².